The third-order valence-corrected chi connectivity index (χ3v) is 3.83. The topological polar surface area (TPSA) is 29.5 Å². The highest BCUT2D eigenvalue weighted by atomic mass is 16.5. The van der Waals surface area contributed by atoms with Crippen LogP contribution in [-0.2, 0) is 9.53 Å². The van der Waals surface area contributed by atoms with Gasteiger partial charge in [0.15, 0.2) is 0 Å². The molecule has 0 heterocycles. The predicted molar refractivity (Wildman–Crippen MR) is 107 cm³/mol. The number of ether oxygens (including phenoxy) is 1. The third-order valence-electron chi connectivity index (χ3n) is 3.83. The number of hydrogen-bond acceptors (Lipinski definition) is 3. The van der Waals surface area contributed by atoms with Gasteiger partial charge in [-0.1, -0.05) is 43.0 Å². The molecule has 0 radical (unpaired) electrons. The minimum Gasteiger partial charge on any atom is -0.463 e. The Bertz CT molecular complexity index is 897. The maximum atomic E-state index is 10.4. The van der Waals surface area contributed by atoms with E-state index in [9.17, 15) is 4.79 Å². The minimum absolute atomic E-state index is 0.312. The summed E-state index contributed by atoms with van der Waals surface area (Å²) in [7, 11) is 4.17. The fourth-order valence-corrected chi connectivity index (χ4v) is 2.59. The van der Waals surface area contributed by atoms with Crippen LogP contribution < -0.4 is 4.90 Å². The van der Waals surface area contributed by atoms with Gasteiger partial charge in [0, 0.05) is 30.7 Å². The summed E-state index contributed by atoms with van der Waals surface area (Å²) >= 11 is 0. The monoisotopic (exact) mass is 335 g/mol. The lowest BCUT2D eigenvalue weighted by Gasteiger charge is -2.15. The van der Waals surface area contributed by atoms with Crippen LogP contribution in [0.3, 0.4) is 0 Å². The van der Waals surface area contributed by atoms with Gasteiger partial charge in [0.25, 0.3) is 0 Å². The van der Waals surface area contributed by atoms with Crippen LogP contribution >= 0.6 is 0 Å². The standard InChI is InChI=1S/C16H15N.C6H10O2/c1-17(2)16-9-5-8-14-10-12-6-3-4-7-13(12)11-15(14)16;1-4-8-6(7)5(2)3/h3-11H,1-2H3;2,4H2,1,3H3. The molecule has 0 atom stereocenters. The second kappa shape index (κ2) is 8.34. The number of rotatable bonds is 3. The molecular weight excluding hydrogens is 310 g/mol. The third kappa shape index (κ3) is 4.60. The van der Waals surface area contributed by atoms with Crippen LogP contribution in [0.5, 0.6) is 0 Å². The van der Waals surface area contributed by atoms with E-state index >= 15 is 0 Å². The molecule has 3 rings (SSSR count). The van der Waals surface area contributed by atoms with Gasteiger partial charge in [0.1, 0.15) is 0 Å². The quantitative estimate of drug-likeness (QED) is 0.375. The molecule has 0 aliphatic rings. The minimum atomic E-state index is -0.312. The average Bonchev–Trinajstić information content (AvgIpc) is 2.60. The van der Waals surface area contributed by atoms with Gasteiger partial charge in [-0.05, 0) is 48.2 Å². The van der Waals surface area contributed by atoms with Crippen molar-refractivity contribution in [2.45, 2.75) is 13.8 Å². The zero-order valence-electron chi connectivity index (χ0n) is 15.4. The second-order valence-electron chi connectivity index (χ2n) is 6.09. The van der Waals surface area contributed by atoms with Crippen molar-refractivity contribution >= 4 is 33.2 Å². The molecule has 0 fully saturated rings. The van der Waals surface area contributed by atoms with Crippen molar-refractivity contribution < 1.29 is 9.53 Å². The Kier molecular flexibility index (Phi) is 6.18. The van der Waals surface area contributed by atoms with Crippen LogP contribution in [0.2, 0.25) is 0 Å². The Morgan fingerprint density at radius 3 is 2.12 bits per heavy atom. The van der Waals surface area contributed by atoms with Gasteiger partial charge in [-0.15, -0.1) is 0 Å². The second-order valence-corrected chi connectivity index (χ2v) is 6.09. The van der Waals surface area contributed by atoms with E-state index in [2.05, 4.69) is 84.9 Å². The number of carbonyl (C=O) groups is 1. The van der Waals surface area contributed by atoms with Gasteiger partial charge >= 0.3 is 5.97 Å². The van der Waals surface area contributed by atoms with Crippen molar-refractivity contribution in [2.75, 3.05) is 25.6 Å². The normalized spacial score (nSPS) is 10.1. The van der Waals surface area contributed by atoms with E-state index in [1.807, 2.05) is 0 Å². The Morgan fingerprint density at radius 2 is 1.60 bits per heavy atom. The van der Waals surface area contributed by atoms with Crippen LogP contribution in [0, 0.1) is 0 Å². The first-order chi connectivity index (χ1) is 11.9. The van der Waals surface area contributed by atoms with Gasteiger partial charge in [-0.3, -0.25) is 0 Å². The molecule has 0 spiro atoms. The average molecular weight is 335 g/mol. The molecule has 130 valence electrons. The van der Waals surface area contributed by atoms with Gasteiger partial charge in [0.05, 0.1) is 6.61 Å². The lowest BCUT2D eigenvalue weighted by atomic mass is 10.0. The number of hydrogen-bond donors (Lipinski definition) is 0. The molecule has 0 aromatic heterocycles. The highest BCUT2D eigenvalue weighted by molar-refractivity contribution is 6.03. The molecule has 3 nitrogen and oxygen atoms in total. The summed E-state index contributed by atoms with van der Waals surface area (Å²) in [6.45, 7) is 7.21. The zero-order chi connectivity index (χ0) is 18.4. The molecule has 0 saturated carbocycles. The van der Waals surface area contributed by atoms with Crippen molar-refractivity contribution in [1.29, 1.82) is 0 Å². The van der Waals surface area contributed by atoms with Crippen molar-refractivity contribution in [1.82, 2.24) is 0 Å². The van der Waals surface area contributed by atoms with Gasteiger partial charge < -0.3 is 9.64 Å². The molecule has 3 aromatic rings. The largest absolute Gasteiger partial charge is 0.463 e. The highest BCUT2D eigenvalue weighted by Gasteiger charge is 2.04. The SMILES string of the molecule is C=C(C)C(=O)OCC.CN(C)c1cccc2cc3ccccc3cc12. The summed E-state index contributed by atoms with van der Waals surface area (Å²) in [5, 5.41) is 5.22. The molecule has 3 aromatic carbocycles. The summed E-state index contributed by atoms with van der Waals surface area (Å²) in [5.41, 5.74) is 1.72. The fraction of sp³-hybridized carbons (Fsp3) is 0.227. The van der Waals surface area contributed by atoms with E-state index in [-0.39, 0.29) is 5.97 Å². The number of carbonyl (C=O) groups excluding carboxylic acids is 1. The Hall–Kier alpha value is -2.81. The maximum Gasteiger partial charge on any atom is 0.333 e. The lowest BCUT2D eigenvalue weighted by Crippen LogP contribution is -2.08. The number of anilines is 1. The summed E-state index contributed by atoms with van der Waals surface area (Å²) in [6.07, 6.45) is 0. The van der Waals surface area contributed by atoms with E-state index in [1.165, 1.54) is 27.2 Å². The molecule has 0 aliphatic heterocycles. The highest BCUT2D eigenvalue weighted by Crippen LogP contribution is 2.29. The van der Waals surface area contributed by atoms with Crippen molar-refractivity contribution in [3.63, 3.8) is 0 Å². The molecule has 0 saturated heterocycles. The van der Waals surface area contributed by atoms with Gasteiger partial charge in [0.2, 0.25) is 0 Å². The molecule has 25 heavy (non-hydrogen) atoms. The first-order valence-corrected chi connectivity index (χ1v) is 8.35. The molecule has 0 bridgehead atoms. The predicted octanol–water partition coefficient (Wildman–Crippen LogP) is 5.18. The van der Waals surface area contributed by atoms with E-state index in [4.69, 9.17) is 0 Å². The number of nitrogens with zero attached hydrogens (tertiary/aromatic N) is 1. The van der Waals surface area contributed by atoms with Crippen molar-refractivity contribution in [3.05, 3.63) is 66.7 Å². The number of benzene rings is 3. The summed E-state index contributed by atoms with van der Waals surface area (Å²) < 4.78 is 4.56. The van der Waals surface area contributed by atoms with Crippen LogP contribution in [0.25, 0.3) is 21.5 Å². The Labute approximate surface area is 149 Å². The van der Waals surface area contributed by atoms with E-state index < -0.39 is 0 Å². The summed E-state index contributed by atoms with van der Waals surface area (Å²) in [5.74, 6) is -0.312. The first-order valence-electron chi connectivity index (χ1n) is 8.35. The number of fused-ring (bicyclic) bond motifs is 2. The summed E-state index contributed by atoms with van der Waals surface area (Å²) in [6, 6.07) is 19.5. The van der Waals surface area contributed by atoms with Crippen molar-refractivity contribution in [2.24, 2.45) is 0 Å². The van der Waals surface area contributed by atoms with Crippen LogP contribution in [0.15, 0.2) is 66.7 Å². The molecule has 0 N–H and O–H groups in total. The summed E-state index contributed by atoms with van der Waals surface area (Å²) in [4.78, 5) is 12.6. The van der Waals surface area contributed by atoms with E-state index in [0.717, 1.165) is 0 Å². The van der Waals surface area contributed by atoms with Crippen molar-refractivity contribution in [3.8, 4) is 0 Å². The number of esters is 1. The molecule has 3 heteroatoms. The molecular formula is C22H25NO2. The van der Waals surface area contributed by atoms with Gasteiger partial charge in [-0.25, -0.2) is 4.79 Å². The molecule has 0 amide bonds. The maximum absolute atomic E-state index is 10.4. The molecule has 0 unspecified atom stereocenters. The van der Waals surface area contributed by atoms with Crippen LogP contribution in [-0.4, -0.2) is 26.7 Å². The van der Waals surface area contributed by atoms with E-state index in [1.54, 1.807) is 13.8 Å². The Balaban J connectivity index is 0.000000242. The van der Waals surface area contributed by atoms with Crippen LogP contribution in [0.4, 0.5) is 5.69 Å². The zero-order valence-corrected chi connectivity index (χ0v) is 15.4. The van der Waals surface area contributed by atoms with Gasteiger partial charge in [-0.2, -0.15) is 0 Å². The van der Waals surface area contributed by atoms with E-state index in [0.29, 0.717) is 12.2 Å². The Morgan fingerprint density at radius 1 is 1.00 bits per heavy atom. The van der Waals surface area contributed by atoms with Crippen LogP contribution in [0.1, 0.15) is 13.8 Å². The lowest BCUT2D eigenvalue weighted by molar-refractivity contribution is -0.138. The molecule has 0 aliphatic carbocycles. The first kappa shape index (κ1) is 18.5. The smallest absolute Gasteiger partial charge is 0.333 e. The fourth-order valence-electron chi connectivity index (χ4n) is 2.59.